The van der Waals surface area contributed by atoms with Crippen LogP contribution in [0.2, 0.25) is 10.0 Å². The molecule has 1 aromatic heterocycles. The Morgan fingerprint density at radius 3 is 2.84 bits per heavy atom. The Morgan fingerprint density at radius 1 is 1.29 bits per heavy atom. The molecule has 0 spiro atoms. The number of aromatic nitrogens is 1. The molecule has 1 fully saturated rings. The number of aromatic amines is 1. The number of piperidine rings is 1. The number of β-amino-alcohol motifs (C(OH)–C–C–N with tert-alkyl or cyclic N) is 1. The molecule has 2 aromatic carbocycles. The van der Waals surface area contributed by atoms with Crippen LogP contribution in [0, 0.1) is 0 Å². The highest BCUT2D eigenvalue weighted by Gasteiger charge is 2.36. The van der Waals surface area contributed by atoms with Crippen molar-refractivity contribution in [3.63, 3.8) is 0 Å². The minimum Gasteiger partial charge on any atom is -0.497 e. The Bertz CT molecular complexity index is 1130. The van der Waals surface area contributed by atoms with Gasteiger partial charge in [0.25, 0.3) is 0 Å². The van der Waals surface area contributed by atoms with E-state index < -0.39 is 11.8 Å². The number of hydrogen-bond acceptors (Lipinski definition) is 5. The highest BCUT2D eigenvalue weighted by Crippen LogP contribution is 2.39. The number of aliphatic hydroxyl groups is 1. The SMILES string of the molecule is COc1cccc(C2(O)CCCN(Cc3c(OC(=O)O)[nH]c4cc(Cl)cc(Cl)c34)C2)c1. The number of likely N-dealkylation sites (tertiary alicyclic amines) is 1. The molecule has 9 heteroatoms. The van der Waals surface area contributed by atoms with Crippen molar-refractivity contribution in [1.82, 2.24) is 9.88 Å². The van der Waals surface area contributed by atoms with Gasteiger partial charge in [-0.15, -0.1) is 0 Å². The van der Waals surface area contributed by atoms with Gasteiger partial charge in [-0.1, -0.05) is 35.3 Å². The van der Waals surface area contributed by atoms with Crippen LogP contribution in [0.25, 0.3) is 10.9 Å². The first-order valence-electron chi connectivity index (χ1n) is 9.79. The van der Waals surface area contributed by atoms with Gasteiger partial charge in [-0.2, -0.15) is 0 Å². The fourth-order valence-corrected chi connectivity index (χ4v) is 4.85. The van der Waals surface area contributed by atoms with Crippen LogP contribution in [0.4, 0.5) is 4.79 Å². The lowest BCUT2D eigenvalue weighted by Crippen LogP contribution is -2.45. The zero-order chi connectivity index (χ0) is 22.2. The zero-order valence-electron chi connectivity index (χ0n) is 16.8. The normalized spacial score (nSPS) is 19.5. The molecule has 1 atom stereocenters. The summed E-state index contributed by atoms with van der Waals surface area (Å²) in [6, 6.07) is 10.7. The highest BCUT2D eigenvalue weighted by molar-refractivity contribution is 6.38. The largest absolute Gasteiger partial charge is 0.512 e. The van der Waals surface area contributed by atoms with Crippen LogP contribution in [0.1, 0.15) is 24.0 Å². The maximum Gasteiger partial charge on any atom is 0.512 e. The van der Waals surface area contributed by atoms with E-state index in [0.717, 1.165) is 18.5 Å². The summed E-state index contributed by atoms with van der Waals surface area (Å²) >= 11 is 12.5. The van der Waals surface area contributed by atoms with Gasteiger partial charge >= 0.3 is 6.16 Å². The number of methoxy groups -OCH3 is 1. The Labute approximate surface area is 189 Å². The number of H-pyrrole nitrogens is 1. The molecule has 0 bridgehead atoms. The van der Waals surface area contributed by atoms with Gasteiger partial charge in [-0.3, -0.25) is 4.90 Å². The highest BCUT2D eigenvalue weighted by atomic mass is 35.5. The lowest BCUT2D eigenvalue weighted by Gasteiger charge is -2.39. The van der Waals surface area contributed by atoms with Gasteiger partial charge < -0.3 is 24.7 Å². The topological polar surface area (TPSA) is 95.0 Å². The van der Waals surface area contributed by atoms with Crippen LogP contribution in [0.3, 0.4) is 0 Å². The Morgan fingerprint density at radius 2 is 2.10 bits per heavy atom. The van der Waals surface area contributed by atoms with Gasteiger partial charge in [0.15, 0.2) is 0 Å². The second kappa shape index (κ2) is 8.59. The molecule has 3 N–H and O–H groups in total. The van der Waals surface area contributed by atoms with Crippen molar-refractivity contribution in [2.45, 2.75) is 25.0 Å². The van der Waals surface area contributed by atoms with Crippen LogP contribution in [0.15, 0.2) is 36.4 Å². The first-order chi connectivity index (χ1) is 14.8. The van der Waals surface area contributed by atoms with E-state index in [9.17, 15) is 9.90 Å². The molecule has 0 radical (unpaired) electrons. The van der Waals surface area contributed by atoms with E-state index in [0.29, 0.717) is 51.8 Å². The van der Waals surface area contributed by atoms with Gasteiger partial charge in [0.05, 0.1) is 17.6 Å². The average Bonchev–Trinajstić information content (AvgIpc) is 3.04. The number of benzene rings is 2. The Balaban J connectivity index is 1.67. The van der Waals surface area contributed by atoms with E-state index in [-0.39, 0.29) is 5.88 Å². The molecule has 0 aliphatic carbocycles. The van der Waals surface area contributed by atoms with Crippen molar-refractivity contribution in [2.24, 2.45) is 0 Å². The van der Waals surface area contributed by atoms with Gasteiger partial charge in [0, 0.05) is 29.1 Å². The minimum atomic E-state index is -1.43. The third-order valence-corrected chi connectivity index (χ3v) is 6.12. The number of nitrogens with zero attached hydrogens (tertiary/aromatic N) is 1. The van der Waals surface area contributed by atoms with E-state index in [1.165, 1.54) is 0 Å². The summed E-state index contributed by atoms with van der Waals surface area (Å²) < 4.78 is 10.3. The molecule has 4 rings (SSSR count). The van der Waals surface area contributed by atoms with Gasteiger partial charge in [-0.05, 0) is 49.2 Å². The molecular formula is C22H22Cl2N2O5. The number of rotatable bonds is 5. The van der Waals surface area contributed by atoms with E-state index in [1.807, 2.05) is 24.3 Å². The smallest absolute Gasteiger partial charge is 0.497 e. The van der Waals surface area contributed by atoms with E-state index in [1.54, 1.807) is 19.2 Å². The molecule has 0 saturated carbocycles. The van der Waals surface area contributed by atoms with Crippen molar-refractivity contribution < 1.29 is 24.5 Å². The van der Waals surface area contributed by atoms with Crippen LogP contribution in [0.5, 0.6) is 11.6 Å². The summed E-state index contributed by atoms with van der Waals surface area (Å²) in [5, 5.41) is 22.0. The monoisotopic (exact) mass is 464 g/mol. The molecule has 1 aliphatic heterocycles. The maximum atomic E-state index is 11.4. The van der Waals surface area contributed by atoms with Gasteiger partial charge in [0.1, 0.15) is 11.4 Å². The molecule has 2 heterocycles. The molecule has 31 heavy (non-hydrogen) atoms. The second-order valence-electron chi connectivity index (χ2n) is 7.69. The molecule has 7 nitrogen and oxygen atoms in total. The molecular weight excluding hydrogens is 443 g/mol. The van der Waals surface area contributed by atoms with Crippen LogP contribution in [-0.2, 0) is 12.1 Å². The summed E-state index contributed by atoms with van der Waals surface area (Å²) in [5.74, 6) is 0.780. The van der Waals surface area contributed by atoms with Crippen molar-refractivity contribution in [3.8, 4) is 11.6 Å². The number of carboxylic acid groups (broad SMARTS) is 1. The quantitative estimate of drug-likeness (QED) is 0.458. The molecule has 1 saturated heterocycles. The average molecular weight is 465 g/mol. The first kappa shape index (κ1) is 21.8. The zero-order valence-corrected chi connectivity index (χ0v) is 18.3. The Hall–Kier alpha value is -2.45. The predicted octanol–water partition coefficient (Wildman–Crippen LogP) is 5.02. The van der Waals surface area contributed by atoms with Crippen LogP contribution in [-0.4, -0.2) is 46.5 Å². The van der Waals surface area contributed by atoms with Gasteiger partial charge in [-0.25, -0.2) is 4.79 Å². The third-order valence-electron chi connectivity index (χ3n) is 5.61. The number of nitrogens with one attached hydrogen (secondary N) is 1. The number of halogens is 2. The van der Waals surface area contributed by atoms with Crippen molar-refractivity contribution in [1.29, 1.82) is 0 Å². The first-order valence-corrected chi connectivity index (χ1v) is 10.5. The summed E-state index contributed by atoms with van der Waals surface area (Å²) in [6.07, 6.45) is -0.0500. The third kappa shape index (κ3) is 4.45. The maximum absolute atomic E-state index is 11.4. The number of carbonyl (C=O) groups is 1. The molecule has 1 aliphatic rings. The summed E-state index contributed by atoms with van der Waals surface area (Å²) in [4.78, 5) is 16.2. The van der Waals surface area contributed by atoms with Crippen LogP contribution < -0.4 is 9.47 Å². The van der Waals surface area contributed by atoms with Crippen LogP contribution >= 0.6 is 23.2 Å². The lowest BCUT2D eigenvalue weighted by molar-refractivity contribution is -0.0383. The standard InChI is InChI=1S/C22H22Cl2N2O5/c1-30-15-5-2-4-13(8-15)22(29)6-3-7-26(12-22)11-16-19-17(24)9-14(23)10-18(19)25-20(16)31-21(27)28/h2,4-5,8-10,25,29H,3,6-7,11-12H2,1H3,(H,27,28). The van der Waals surface area contributed by atoms with Crippen molar-refractivity contribution in [3.05, 3.63) is 57.6 Å². The van der Waals surface area contributed by atoms with E-state index in [2.05, 4.69) is 9.88 Å². The summed E-state index contributed by atoms with van der Waals surface area (Å²) in [5.41, 5.74) is 0.917. The van der Waals surface area contributed by atoms with Gasteiger partial charge in [0.2, 0.25) is 5.88 Å². The summed E-state index contributed by atoms with van der Waals surface area (Å²) in [6.45, 7) is 1.44. The fraction of sp³-hybridized carbons (Fsp3) is 0.318. The molecule has 164 valence electrons. The lowest BCUT2D eigenvalue weighted by atomic mass is 9.85. The van der Waals surface area contributed by atoms with Crippen molar-refractivity contribution >= 4 is 40.3 Å². The number of hydrogen-bond donors (Lipinski definition) is 3. The van der Waals surface area contributed by atoms with Crippen molar-refractivity contribution in [2.75, 3.05) is 20.2 Å². The molecule has 0 amide bonds. The molecule has 3 aromatic rings. The second-order valence-corrected chi connectivity index (χ2v) is 8.53. The fourth-order valence-electron chi connectivity index (χ4n) is 4.25. The molecule has 1 unspecified atom stereocenters. The van der Waals surface area contributed by atoms with E-state index >= 15 is 0 Å². The number of fused-ring (bicyclic) bond motifs is 1. The minimum absolute atomic E-state index is 0.0992. The summed E-state index contributed by atoms with van der Waals surface area (Å²) in [7, 11) is 1.59. The van der Waals surface area contributed by atoms with E-state index in [4.69, 9.17) is 37.8 Å². The predicted molar refractivity (Wildman–Crippen MR) is 118 cm³/mol. The Kier molecular flexibility index (Phi) is 6.03. The number of ether oxygens (including phenoxy) is 2.